The number of esters is 2. The Labute approximate surface area is 347 Å². The van der Waals surface area contributed by atoms with Gasteiger partial charge in [-0.2, -0.15) is 0 Å². The second kappa shape index (κ2) is 38.8. The highest BCUT2D eigenvalue weighted by atomic mass is 16.6. The van der Waals surface area contributed by atoms with E-state index in [9.17, 15) is 19.5 Å². The minimum Gasteiger partial charge on any atom is -0.477 e. The molecule has 0 saturated carbocycles. The van der Waals surface area contributed by atoms with E-state index in [1.807, 2.05) is 75.8 Å². The number of hydrogen-bond donors (Lipinski definition) is 1. The van der Waals surface area contributed by atoms with Crippen LogP contribution in [0.2, 0.25) is 0 Å². The minimum atomic E-state index is -0.892. The average molecular weight is 793 g/mol. The van der Waals surface area contributed by atoms with E-state index in [-0.39, 0.29) is 42.7 Å². The summed E-state index contributed by atoms with van der Waals surface area (Å²) >= 11 is 0. The molecule has 0 aliphatic heterocycles. The Bertz CT molecular complexity index is 1290. The van der Waals surface area contributed by atoms with Crippen LogP contribution in [0.15, 0.2) is 109 Å². The number of carbonyl (C=O) groups excluding carboxylic acids is 2. The first-order valence-corrected chi connectivity index (χ1v) is 21.5. The van der Waals surface area contributed by atoms with Gasteiger partial charge in [0.25, 0.3) is 0 Å². The lowest BCUT2D eigenvalue weighted by molar-refractivity contribution is -0.887. The number of quaternary nitrogens is 1. The number of allylic oxidation sites excluding steroid dienone is 18. The molecule has 0 saturated heterocycles. The van der Waals surface area contributed by atoms with E-state index in [4.69, 9.17) is 14.2 Å². The molecule has 2 atom stereocenters. The number of nitrogens with zero attached hydrogens (tertiary/aromatic N) is 1. The third-order valence-corrected chi connectivity index (χ3v) is 8.88. The number of hydrogen-bond acceptors (Lipinski definition) is 6. The second-order valence-electron chi connectivity index (χ2n) is 15.1. The van der Waals surface area contributed by atoms with Crippen LogP contribution in [-0.4, -0.2) is 80.6 Å². The number of aliphatic carboxylic acids is 1. The van der Waals surface area contributed by atoms with E-state index in [1.165, 1.54) is 19.3 Å². The van der Waals surface area contributed by atoms with Crippen molar-refractivity contribution < 1.29 is 38.2 Å². The maximum absolute atomic E-state index is 12.7. The molecule has 57 heavy (non-hydrogen) atoms. The number of unbranched alkanes of at least 4 members (excludes halogenated alkanes) is 11. The Morgan fingerprint density at radius 3 is 1.47 bits per heavy atom. The molecular formula is C49H78NO7+. The lowest BCUT2D eigenvalue weighted by Gasteiger charge is -2.31. The number of ether oxygens (including phenoxy) is 3. The molecule has 0 radical (unpaired) electrons. The van der Waals surface area contributed by atoms with Crippen molar-refractivity contribution in [3.05, 3.63) is 109 Å². The zero-order valence-electron chi connectivity index (χ0n) is 36.2. The highest BCUT2D eigenvalue weighted by Gasteiger charge is 2.31. The highest BCUT2D eigenvalue weighted by molar-refractivity contribution is 5.72. The summed E-state index contributed by atoms with van der Waals surface area (Å²) in [5.74, 6) is -1.57. The summed E-state index contributed by atoms with van der Waals surface area (Å²) in [4.78, 5) is 37.0. The molecule has 0 aliphatic carbocycles. The monoisotopic (exact) mass is 793 g/mol. The van der Waals surface area contributed by atoms with Gasteiger partial charge in [0.15, 0.2) is 12.1 Å². The van der Waals surface area contributed by atoms with Crippen molar-refractivity contribution in [2.75, 3.05) is 41.0 Å². The Balaban J connectivity index is 4.52. The normalized spacial score (nSPS) is 14.1. The minimum absolute atomic E-state index is 0.0275. The third kappa shape index (κ3) is 37.3. The molecule has 8 heteroatoms. The molecule has 320 valence electrons. The summed E-state index contributed by atoms with van der Waals surface area (Å²) in [5.41, 5.74) is 0. The second-order valence-corrected chi connectivity index (χ2v) is 15.1. The molecule has 0 aliphatic rings. The van der Waals surface area contributed by atoms with Crippen molar-refractivity contribution >= 4 is 17.9 Å². The lowest BCUT2D eigenvalue weighted by Crippen LogP contribution is -2.50. The molecular weight excluding hydrogens is 715 g/mol. The number of carbonyl (C=O) groups is 3. The summed E-state index contributed by atoms with van der Waals surface area (Å²) in [5, 5.41) is 9.61. The molecule has 8 nitrogen and oxygen atoms in total. The van der Waals surface area contributed by atoms with Gasteiger partial charge < -0.3 is 23.8 Å². The summed E-state index contributed by atoms with van der Waals surface area (Å²) in [6, 6.07) is -0.634. The van der Waals surface area contributed by atoms with E-state index in [2.05, 4.69) is 68.5 Å². The van der Waals surface area contributed by atoms with E-state index in [0.717, 1.165) is 70.6 Å². The van der Waals surface area contributed by atoms with Gasteiger partial charge in [0.05, 0.1) is 34.4 Å². The van der Waals surface area contributed by atoms with E-state index < -0.39 is 18.1 Å². The topological polar surface area (TPSA) is 99.1 Å². The number of likely N-dealkylation sites (N-methyl/N-ethyl adjacent to an activating group) is 1. The van der Waals surface area contributed by atoms with Crippen LogP contribution in [0.25, 0.3) is 0 Å². The Morgan fingerprint density at radius 1 is 0.544 bits per heavy atom. The SMILES string of the molecule is CC/C=C/C=C/C=C/C=C/C=C/CCCCCC(=O)OC(COCCC(C(=O)O)[N+](C)(C)C)COC(=O)CCCCCCC/C=C/C=C/C=C/C=C/CCCCC. The summed E-state index contributed by atoms with van der Waals surface area (Å²) < 4.78 is 17.2. The summed E-state index contributed by atoms with van der Waals surface area (Å²) in [6.07, 6.45) is 52.7. The van der Waals surface area contributed by atoms with Gasteiger partial charge in [-0.15, -0.1) is 0 Å². The van der Waals surface area contributed by atoms with Crippen LogP contribution in [-0.2, 0) is 28.6 Å². The predicted molar refractivity (Wildman–Crippen MR) is 238 cm³/mol. The Kier molecular flexibility index (Phi) is 36.1. The largest absolute Gasteiger partial charge is 0.477 e. The molecule has 0 fully saturated rings. The van der Waals surface area contributed by atoms with Crippen LogP contribution in [0, 0.1) is 0 Å². The summed E-state index contributed by atoms with van der Waals surface area (Å²) in [6.45, 7) is 4.45. The van der Waals surface area contributed by atoms with Gasteiger partial charge in [-0.05, 0) is 57.8 Å². The molecule has 0 spiro atoms. The Morgan fingerprint density at radius 2 is 0.982 bits per heavy atom. The van der Waals surface area contributed by atoms with E-state index in [0.29, 0.717) is 19.3 Å². The van der Waals surface area contributed by atoms with Crippen molar-refractivity contribution in [1.82, 2.24) is 0 Å². The standard InChI is InChI=1S/C49H77NO7/c1-6-8-10-12-14-16-18-20-22-23-24-26-27-29-31-33-35-37-39-47(51)56-44-45(43-55-42-41-46(49(53)54)50(3,4)5)57-48(52)40-38-36-34-32-30-28-25-21-19-17-15-13-11-9-7-2/h9,11,13-26,28,30,45-46H,6-8,10,12,27,29,31-44H2,1-5H3/p+1/b11-9+,15-13+,16-14+,19-17+,20-18+,23-22+,25-21+,26-24+,30-28+. The molecule has 0 amide bonds. The van der Waals surface area contributed by atoms with Crippen molar-refractivity contribution in [2.24, 2.45) is 0 Å². The van der Waals surface area contributed by atoms with Gasteiger partial charge in [0.1, 0.15) is 6.61 Å². The fraction of sp³-hybridized carbons (Fsp3) is 0.571. The molecule has 1 N–H and O–H groups in total. The fourth-order valence-corrected chi connectivity index (χ4v) is 5.53. The van der Waals surface area contributed by atoms with Gasteiger partial charge in [-0.3, -0.25) is 9.59 Å². The zero-order valence-corrected chi connectivity index (χ0v) is 36.2. The molecule has 2 unspecified atom stereocenters. The van der Waals surface area contributed by atoms with Gasteiger partial charge >= 0.3 is 17.9 Å². The first-order chi connectivity index (χ1) is 27.6. The molecule has 0 heterocycles. The van der Waals surface area contributed by atoms with Crippen LogP contribution >= 0.6 is 0 Å². The third-order valence-electron chi connectivity index (χ3n) is 8.88. The lowest BCUT2D eigenvalue weighted by atomic mass is 10.1. The smallest absolute Gasteiger partial charge is 0.362 e. The highest BCUT2D eigenvalue weighted by Crippen LogP contribution is 2.12. The zero-order chi connectivity index (χ0) is 42.1. The maximum atomic E-state index is 12.7. The number of rotatable bonds is 36. The van der Waals surface area contributed by atoms with Gasteiger partial charge in [-0.1, -0.05) is 162 Å². The van der Waals surface area contributed by atoms with Crippen LogP contribution in [0.1, 0.15) is 129 Å². The summed E-state index contributed by atoms with van der Waals surface area (Å²) in [7, 11) is 5.48. The first kappa shape index (κ1) is 53.0. The van der Waals surface area contributed by atoms with E-state index >= 15 is 0 Å². The average Bonchev–Trinajstić information content (AvgIpc) is 3.17. The van der Waals surface area contributed by atoms with Gasteiger partial charge in [0.2, 0.25) is 0 Å². The van der Waals surface area contributed by atoms with Crippen molar-refractivity contribution in [3.8, 4) is 0 Å². The van der Waals surface area contributed by atoms with Crippen LogP contribution in [0.5, 0.6) is 0 Å². The van der Waals surface area contributed by atoms with Gasteiger partial charge in [0, 0.05) is 19.3 Å². The number of carboxylic acid groups (broad SMARTS) is 1. The van der Waals surface area contributed by atoms with Crippen molar-refractivity contribution in [2.45, 2.75) is 142 Å². The molecule has 0 aromatic rings. The quantitative estimate of drug-likeness (QED) is 0.0292. The molecule has 0 aromatic carbocycles. The van der Waals surface area contributed by atoms with Gasteiger partial charge in [-0.25, -0.2) is 4.79 Å². The molecule has 0 aromatic heterocycles. The molecule has 0 rings (SSSR count). The van der Waals surface area contributed by atoms with Crippen LogP contribution < -0.4 is 0 Å². The van der Waals surface area contributed by atoms with E-state index in [1.54, 1.807) is 0 Å². The van der Waals surface area contributed by atoms with Crippen LogP contribution in [0.4, 0.5) is 0 Å². The van der Waals surface area contributed by atoms with Crippen molar-refractivity contribution in [3.63, 3.8) is 0 Å². The number of carboxylic acids is 1. The fourth-order valence-electron chi connectivity index (χ4n) is 5.53. The molecule has 0 bridgehead atoms. The first-order valence-electron chi connectivity index (χ1n) is 21.5. The maximum Gasteiger partial charge on any atom is 0.362 e. The van der Waals surface area contributed by atoms with Crippen molar-refractivity contribution in [1.29, 1.82) is 0 Å². The van der Waals surface area contributed by atoms with Crippen LogP contribution in [0.3, 0.4) is 0 Å². The Hall–Kier alpha value is -4.01. The predicted octanol–water partition coefficient (Wildman–Crippen LogP) is 11.7.